The third kappa shape index (κ3) is 2.96. The van der Waals surface area contributed by atoms with E-state index < -0.39 is 0 Å². The highest BCUT2D eigenvalue weighted by Gasteiger charge is 2.25. The van der Waals surface area contributed by atoms with Crippen LogP contribution in [0.15, 0.2) is 30.3 Å². The van der Waals surface area contributed by atoms with Crippen molar-refractivity contribution >= 4 is 22.4 Å². The minimum Gasteiger partial charge on any atom is -0.399 e. The van der Waals surface area contributed by atoms with E-state index in [-0.39, 0.29) is 0 Å². The number of rotatable bonds is 5. The van der Waals surface area contributed by atoms with Crippen molar-refractivity contribution in [2.24, 2.45) is 0 Å². The van der Waals surface area contributed by atoms with Crippen LogP contribution in [0.1, 0.15) is 12.8 Å². The van der Waals surface area contributed by atoms with Crippen LogP contribution in [0, 0.1) is 0 Å². The molecular weight excluding hydrogens is 236 g/mol. The number of aromatic nitrogens is 1. The van der Waals surface area contributed by atoms with Gasteiger partial charge in [0.2, 0.25) is 0 Å². The molecule has 100 valence electrons. The van der Waals surface area contributed by atoms with Crippen LogP contribution in [-0.4, -0.2) is 36.1 Å². The van der Waals surface area contributed by atoms with Crippen LogP contribution in [0.25, 0.3) is 10.9 Å². The number of hydrogen-bond donors (Lipinski definition) is 2. The Balaban J connectivity index is 1.62. The molecule has 0 spiro atoms. The fourth-order valence-electron chi connectivity index (χ4n) is 2.30. The molecular formula is C15H20N4. The highest BCUT2D eigenvalue weighted by molar-refractivity contribution is 5.83. The maximum atomic E-state index is 5.76. The maximum absolute atomic E-state index is 5.76. The lowest BCUT2D eigenvalue weighted by atomic mass is 10.2. The zero-order valence-corrected chi connectivity index (χ0v) is 11.3. The highest BCUT2D eigenvalue weighted by atomic mass is 15.2. The van der Waals surface area contributed by atoms with E-state index in [4.69, 9.17) is 5.73 Å². The van der Waals surface area contributed by atoms with Crippen LogP contribution in [0.4, 0.5) is 11.5 Å². The number of nitrogen functional groups attached to an aromatic ring is 1. The Bertz CT molecular complexity index is 577. The molecule has 1 aliphatic rings. The Kier molecular flexibility index (Phi) is 3.25. The summed E-state index contributed by atoms with van der Waals surface area (Å²) in [4.78, 5) is 7.00. The molecule has 4 heteroatoms. The number of benzene rings is 1. The van der Waals surface area contributed by atoms with Crippen LogP contribution < -0.4 is 11.1 Å². The van der Waals surface area contributed by atoms with Gasteiger partial charge in [-0.25, -0.2) is 4.98 Å². The molecule has 1 aliphatic carbocycles. The lowest BCUT2D eigenvalue weighted by Crippen LogP contribution is -2.27. The molecule has 19 heavy (non-hydrogen) atoms. The fourth-order valence-corrected chi connectivity index (χ4v) is 2.30. The summed E-state index contributed by atoms with van der Waals surface area (Å²) in [5.41, 5.74) is 7.52. The monoisotopic (exact) mass is 256 g/mol. The van der Waals surface area contributed by atoms with E-state index in [1.807, 2.05) is 24.3 Å². The molecule has 0 radical (unpaired) electrons. The van der Waals surface area contributed by atoms with Gasteiger partial charge in [0, 0.05) is 30.2 Å². The summed E-state index contributed by atoms with van der Waals surface area (Å²) in [5.74, 6) is 0.932. The molecule has 1 fully saturated rings. The van der Waals surface area contributed by atoms with E-state index in [9.17, 15) is 0 Å². The molecule has 1 aromatic heterocycles. The number of anilines is 2. The van der Waals surface area contributed by atoms with Gasteiger partial charge in [0.25, 0.3) is 0 Å². The Labute approximate surface area is 113 Å². The van der Waals surface area contributed by atoms with Gasteiger partial charge >= 0.3 is 0 Å². The molecule has 1 heterocycles. The van der Waals surface area contributed by atoms with Crippen LogP contribution in [0.3, 0.4) is 0 Å². The Morgan fingerprint density at radius 3 is 2.95 bits per heavy atom. The van der Waals surface area contributed by atoms with E-state index in [1.54, 1.807) is 0 Å². The lowest BCUT2D eigenvalue weighted by molar-refractivity contribution is 0.337. The summed E-state index contributed by atoms with van der Waals surface area (Å²) in [6, 6.07) is 10.7. The molecule has 1 saturated carbocycles. The molecule has 4 nitrogen and oxygen atoms in total. The topological polar surface area (TPSA) is 54.2 Å². The summed E-state index contributed by atoms with van der Waals surface area (Å²) in [6.45, 7) is 1.99. The second-order valence-corrected chi connectivity index (χ2v) is 5.29. The van der Waals surface area contributed by atoms with Crippen molar-refractivity contribution < 1.29 is 0 Å². The summed E-state index contributed by atoms with van der Waals surface area (Å²) in [7, 11) is 2.19. The molecule has 2 aromatic rings. The van der Waals surface area contributed by atoms with Crippen molar-refractivity contribution in [2.75, 3.05) is 31.2 Å². The van der Waals surface area contributed by atoms with Crippen molar-refractivity contribution in [3.63, 3.8) is 0 Å². The van der Waals surface area contributed by atoms with Gasteiger partial charge in [-0.15, -0.1) is 0 Å². The molecule has 0 aliphatic heterocycles. The standard InChI is InChI=1S/C15H20N4/c1-19(13-4-5-13)9-8-17-15-7-2-11-10-12(16)3-6-14(11)18-15/h2-3,6-7,10,13H,4-5,8-9,16H2,1H3,(H,17,18). The van der Waals surface area contributed by atoms with Gasteiger partial charge in [-0.3, -0.25) is 0 Å². The molecule has 3 rings (SSSR count). The first-order valence-corrected chi connectivity index (χ1v) is 6.83. The first-order chi connectivity index (χ1) is 9.22. The van der Waals surface area contributed by atoms with Crippen molar-refractivity contribution in [1.29, 1.82) is 0 Å². The van der Waals surface area contributed by atoms with Gasteiger partial charge in [-0.05, 0) is 50.2 Å². The Morgan fingerprint density at radius 2 is 2.16 bits per heavy atom. The minimum atomic E-state index is 0.779. The average Bonchev–Trinajstić information content (AvgIpc) is 3.23. The third-order valence-electron chi connectivity index (χ3n) is 3.65. The van der Waals surface area contributed by atoms with Gasteiger partial charge in [0.1, 0.15) is 5.82 Å². The highest BCUT2D eigenvalue weighted by Crippen LogP contribution is 2.24. The second kappa shape index (κ2) is 5.05. The van der Waals surface area contributed by atoms with Gasteiger partial charge in [0.05, 0.1) is 5.52 Å². The predicted molar refractivity (Wildman–Crippen MR) is 80.3 cm³/mol. The van der Waals surface area contributed by atoms with Gasteiger partial charge < -0.3 is 16.0 Å². The number of nitrogens with zero attached hydrogens (tertiary/aromatic N) is 2. The van der Waals surface area contributed by atoms with Gasteiger partial charge in [-0.1, -0.05) is 0 Å². The zero-order chi connectivity index (χ0) is 13.2. The summed E-state index contributed by atoms with van der Waals surface area (Å²) in [5, 5.41) is 4.46. The Hall–Kier alpha value is -1.81. The fraction of sp³-hybridized carbons (Fsp3) is 0.400. The maximum Gasteiger partial charge on any atom is 0.126 e. The Morgan fingerprint density at radius 1 is 1.32 bits per heavy atom. The van der Waals surface area contributed by atoms with Crippen LogP contribution in [0.5, 0.6) is 0 Å². The van der Waals surface area contributed by atoms with Gasteiger partial charge in [-0.2, -0.15) is 0 Å². The predicted octanol–water partition coefficient (Wildman–Crippen LogP) is 2.32. The van der Waals surface area contributed by atoms with Crippen LogP contribution >= 0.6 is 0 Å². The van der Waals surface area contributed by atoms with E-state index in [0.29, 0.717) is 0 Å². The number of nitrogens with one attached hydrogen (secondary N) is 1. The lowest BCUT2D eigenvalue weighted by Gasteiger charge is -2.16. The van der Waals surface area contributed by atoms with Crippen molar-refractivity contribution in [2.45, 2.75) is 18.9 Å². The van der Waals surface area contributed by atoms with Crippen molar-refractivity contribution in [3.8, 4) is 0 Å². The average molecular weight is 256 g/mol. The molecule has 0 unspecified atom stereocenters. The summed E-state index contributed by atoms with van der Waals surface area (Å²) >= 11 is 0. The number of hydrogen-bond acceptors (Lipinski definition) is 4. The third-order valence-corrected chi connectivity index (χ3v) is 3.65. The first kappa shape index (κ1) is 12.2. The number of fused-ring (bicyclic) bond motifs is 1. The zero-order valence-electron chi connectivity index (χ0n) is 11.3. The van der Waals surface area contributed by atoms with Crippen LogP contribution in [0.2, 0.25) is 0 Å². The molecule has 0 amide bonds. The number of nitrogens with two attached hydrogens (primary N) is 1. The quantitative estimate of drug-likeness (QED) is 0.806. The largest absolute Gasteiger partial charge is 0.399 e. The number of pyridine rings is 1. The normalized spacial score (nSPS) is 15.1. The van der Waals surface area contributed by atoms with Crippen molar-refractivity contribution in [1.82, 2.24) is 9.88 Å². The SMILES string of the molecule is CN(CCNc1ccc2cc(N)ccc2n1)C1CC1. The van der Waals surface area contributed by atoms with Crippen molar-refractivity contribution in [3.05, 3.63) is 30.3 Å². The molecule has 0 atom stereocenters. The minimum absolute atomic E-state index is 0.779. The van der Waals surface area contributed by atoms with Crippen LogP contribution in [-0.2, 0) is 0 Å². The van der Waals surface area contributed by atoms with E-state index in [1.165, 1.54) is 12.8 Å². The molecule has 0 saturated heterocycles. The smallest absolute Gasteiger partial charge is 0.126 e. The molecule has 1 aromatic carbocycles. The molecule has 3 N–H and O–H groups in total. The van der Waals surface area contributed by atoms with Gasteiger partial charge in [0.15, 0.2) is 0 Å². The summed E-state index contributed by atoms with van der Waals surface area (Å²) < 4.78 is 0. The summed E-state index contributed by atoms with van der Waals surface area (Å²) in [6.07, 6.45) is 2.71. The van der Waals surface area contributed by atoms with E-state index in [2.05, 4.69) is 28.3 Å². The second-order valence-electron chi connectivity index (χ2n) is 5.29. The van der Waals surface area contributed by atoms with E-state index in [0.717, 1.165) is 41.5 Å². The number of likely N-dealkylation sites (N-methyl/N-ethyl adjacent to an activating group) is 1. The molecule has 0 bridgehead atoms. The first-order valence-electron chi connectivity index (χ1n) is 6.83. The van der Waals surface area contributed by atoms with E-state index >= 15 is 0 Å².